The van der Waals surface area contributed by atoms with Gasteiger partial charge in [-0.2, -0.15) is 0 Å². The van der Waals surface area contributed by atoms with Crippen molar-refractivity contribution in [1.29, 1.82) is 0 Å². The first-order chi connectivity index (χ1) is 12.7. The van der Waals surface area contributed by atoms with Crippen LogP contribution >= 0.6 is 11.6 Å². The summed E-state index contributed by atoms with van der Waals surface area (Å²) in [5, 5.41) is 6.92. The van der Waals surface area contributed by atoms with Crippen molar-refractivity contribution in [1.82, 2.24) is 4.98 Å². The van der Waals surface area contributed by atoms with E-state index in [1.807, 2.05) is 42.5 Å². The quantitative estimate of drug-likeness (QED) is 0.687. The van der Waals surface area contributed by atoms with E-state index in [9.17, 15) is 4.79 Å². The fraction of sp³-hybridized carbons (Fsp3) is 0.143. The number of carbonyl (C=O) groups excluding carboxylic acids is 1. The van der Waals surface area contributed by atoms with Crippen LogP contribution < -0.4 is 10.6 Å². The molecule has 3 aromatic rings. The molecule has 0 fully saturated rings. The Kier molecular flexibility index (Phi) is 4.59. The van der Waals surface area contributed by atoms with Crippen LogP contribution in [0.3, 0.4) is 0 Å². The summed E-state index contributed by atoms with van der Waals surface area (Å²) < 4.78 is 0. The number of rotatable bonds is 3. The van der Waals surface area contributed by atoms with Gasteiger partial charge in [-0.15, -0.1) is 0 Å². The molecule has 5 heteroatoms. The van der Waals surface area contributed by atoms with Crippen molar-refractivity contribution in [3.63, 3.8) is 0 Å². The number of benzene rings is 2. The summed E-state index contributed by atoms with van der Waals surface area (Å²) in [7, 11) is 0. The Morgan fingerprint density at radius 1 is 1.12 bits per heavy atom. The first-order valence-corrected chi connectivity index (χ1v) is 8.97. The number of amides is 1. The smallest absolute Gasteiger partial charge is 0.257 e. The number of aromatic nitrogens is 1. The Hall–Kier alpha value is -2.85. The van der Waals surface area contributed by atoms with E-state index >= 15 is 0 Å². The molecule has 1 aliphatic heterocycles. The molecule has 1 aliphatic rings. The van der Waals surface area contributed by atoms with Crippen LogP contribution in [0.1, 0.15) is 22.3 Å². The maximum Gasteiger partial charge on any atom is 0.257 e. The fourth-order valence-corrected chi connectivity index (χ4v) is 3.43. The number of pyridine rings is 1. The number of carbonyl (C=O) groups is 1. The molecule has 0 spiro atoms. The monoisotopic (exact) mass is 363 g/mol. The molecule has 130 valence electrons. The maximum atomic E-state index is 12.5. The van der Waals surface area contributed by atoms with Gasteiger partial charge in [0.25, 0.3) is 5.91 Å². The molecule has 1 amide bonds. The van der Waals surface area contributed by atoms with E-state index in [0.717, 1.165) is 41.9 Å². The third-order valence-corrected chi connectivity index (χ3v) is 4.80. The van der Waals surface area contributed by atoms with Crippen molar-refractivity contribution in [3.8, 4) is 11.3 Å². The highest BCUT2D eigenvalue weighted by molar-refractivity contribution is 6.32. The molecule has 2 heterocycles. The van der Waals surface area contributed by atoms with Crippen LogP contribution in [-0.2, 0) is 6.42 Å². The van der Waals surface area contributed by atoms with Crippen molar-refractivity contribution in [2.45, 2.75) is 12.8 Å². The number of anilines is 2. The fourth-order valence-electron chi connectivity index (χ4n) is 3.12. The van der Waals surface area contributed by atoms with E-state index in [4.69, 9.17) is 11.6 Å². The Balaban J connectivity index is 1.52. The van der Waals surface area contributed by atoms with Crippen LogP contribution in [0.4, 0.5) is 11.4 Å². The Labute approximate surface area is 157 Å². The van der Waals surface area contributed by atoms with Crippen LogP contribution in [0.5, 0.6) is 0 Å². The van der Waals surface area contributed by atoms with Gasteiger partial charge in [0.05, 0.1) is 11.3 Å². The van der Waals surface area contributed by atoms with Gasteiger partial charge in [0.2, 0.25) is 0 Å². The van der Waals surface area contributed by atoms with Crippen LogP contribution in [0.2, 0.25) is 5.02 Å². The number of nitrogens with one attached hydrogen (secondary N) is 2. The van der Waals surface area contributed by atoms with Crippen molar-refractivity contribution < 1.29 is 4.79 Å². The molecule has 2 N–H and O–H groups in total. The molecular formula is C21H18ClN3O. The highest BCUT2D eigenvalue weighted by Gasteiger charge is 2.15. The van der Waals surface area contributed by atoms with E-state index in [-0.39, 0.29) is 5.91 Å². The standard InChI is InChI=1S/C21H18ClN3O/c22-18-11-16(12-20-17(18)7-4-10-23-20)25-21(26)15-8-9-19(24-13-15)14-5-2-1-3-6-14/h1-3,5-6,8-9,11-13,23H,4,7,10H2,(H,25,26). The highest BCUT2D eigenvalue weighted by Crippen LogP contribution is 2.32. The zero-order chi connectivity index (χ0) is 17.9. The Bertz CT molecular complexity index is 939. The molecule has 26 heavy (non-hydrogen) atoms. The predicted molar refractivity (Wildman–Crippen MR) is 106 cm³/mol. The summed E-state index contributed by atoms with van der Waals surface area (Å²) >= 11 is 6.36. The van der Waals surface area contributed by atoms with Crippen LogP contribution in [0, 0.1) is 0 Å². The predicted octanol–water partition coefficient (Wildman–Crippen LogP) is 5.01. The summed E-state index contributed by atoms with van der Waals surface area (Å²) in [4.78, 5) is 16.9. The minimum Gasteiger partial charge on any atom is -0.385 e. The van der Waals surface area contributed by atoms with Gasteiger partial charge < -0.3 is 10.6 Å². The molecular weight excluding hydrogens is 346 g/mol. The highest BCUT2D eigenvalue weighted by atomic mass is 35.5. The first kappa shape index (κ1) is 16.6. The largest absolute Gasteiger partial charge is 0.385 e. The second-order valence-electron chi connectivity index (χ2n) is 6.27. The lowest BCUT2D eigenvalue weighted by Crippen LogP contribution is -2.15. The number of fused-ring (bicyclic) bond motifs is 1. The molecule has 2 aromatic carbocycles. The first-order valence-electron chi connectivity index (χ1n) is 8.60. The molecule has 0 aliphatic carbocycles. The molecule has 0 bridgehead atoms. The molecule has 0 radical (unpaired) electrons. The molecule has 4 rings (SSSR count). The summed E-state index contributed by atoms with van der Waals surface area (Å²) in [5.41, 5.74) is 5.16. The average molecular weight is 364 g/mol. The summed E-state index contributed by atoms with van der Waals surface area (Å²) in [6.07, 6.45) is 3.62. The summed E-state index contributed by atoms with van der Waals surface area (Å²) in [5.74, 6) is -0.205. The number of hydrogen-bond donors (Lipinski definition) is 2. The minimum atomic E-state index is -0.205. The van der Waals surface area contributed by atoms with E-state index in [0.29, 0.717) is 16.3 Å². The maximum absolute atomic E-state index is 12.5. The SMILES string of the molecule is O=C(Nc1cc(Cl)c2c(c1)NCCC2)c1ccc(-c2ccccc2)nc1. The van der Waals surface area contributed by atoms with Crippen LogP contribution in [0.25, 0.3) is 11.3 Å². The van der Waals surface area contributed by atoms with Crippen molar-refractivity contribution in [3.05, 3.63) is 76.9 Å². The minimum absolute atomic E-state index is 0.205. The number of hydrogen-bond acceptors (Lipinski definition) is 3. The molecule has 0 unspecified atom stereocenters. The zero-order valence-corrected chi connectivity index (χ0v) is 14.9. The Morgan fingerprint density at radius 2 is 1.96 bits per heavy atom. The van der Waals surface area contributed by atoms with Gasteiger partial charge in [0.1, 0.15) is 0 Å². The zero-order valence-electron chi connectivity index (χ0n) is 14.1. The summed E-state index contributed by atoms with van der Waals surface area (Å²) in [6, 6.07) is 17.2. The lowest BCUT2D eigenvalue weighted by Gasteiger charge is -2.20. The topological polar surface area (TPSA) is 54.0 Å². The normalized spacial score (nSPS) is 12.8. The van der Waals surface area contributed by atoms with Gasteiger partial charge in [-0.05, 0) is 42.7 Å². The van der Waals surface area contributed by atoms with E-state index in [2.05, 4.69) is 15.6 Å². The number of halogens is 1. The molecule has 0 saturated carbocycles. The second kappa shape index (κ2) is 7.18. The summed E-state index contributed by atoms with van der Waals surface area (Å²) in [6.45, 7) is 0.922. The Morgan fingerprint density at radius 3 is 2.73 bits per heavy atom. The lowest BCUT2D eigenvalue weighted by molar-refractivity contribution is 0.102. The third kappa shape index (κ3) is 3.41. The van der Waals surface area contributed by atoms with Crippen molar-refractivity contribution in [2.75, 3.05) is 17.2 Å². The number of nitrogens with zero attached hydrogens (tertiary/aromatic N) is 1. The molecule has 0 atom stereocenters. The van der Waals surface area contributed by atoms with Crippen LogP contribution in [-0.4, -0.2) is 17.4 Å². The van der Waals surface area contributed by atoms with E-state index < -0.39 is 0 Å². The molecule has 0 saturated heterocycles. The average Bonchev–Trinajstić information content (AvgIpc) is 2.69. The van der Waals surface area contributed by atoms with E-state index in [1.165, 1.54) is 0 Å². The van der Waals surface area contributed by atoms with Crippen molar-refractivity contribution >= 4 is 28.9 Å². The van der Waals surface area contributed by atoms with Gasteiger partial charge in [-0.1, -0.05) is 41.9 Å². The molecule has 1 aromatic heterocycles. The second-order valence-corrected chi connectivity index (χ2v) is 6.67. The lowest BCUT2D eigenvalue weighted by atomic mass is 10.0. The van der Waals surface area contributed by atoms with Gasteiger partial charge in [0, 0.05) is 34.7 Å². The van der Waals surface area contributed by atoms with Gasteiger partial charge in [-0.3, -0.25) is 9.78 Å². The van der Waals surface area contributed by atoms with Gasteiger partial charge >= 0.3 is 0 Å². The van der Waals surface area contributed by atoms with Gasteiger partial charge in [-0.25, -0.2) is 0 Å². The third-order valence-electron chi connectivity index (χ3n) is 4.47. The van der Waals surface area contributed by atoms with Crippen LogP contribution in [0.15, 0.2) is 60.8 Å². The van der Waals surface area contributed by atoms with E-state index in [1.54, 1.807) is 18.3 Å². The molecule has 4 nitrogen and oxygen atoms in total. The van der Waals surface area contributed by atoms with Gasteiger partial charge in [0.15, 0.2) is 0 Å². The van der Waals surface area contributed by atoms with Crippen molar-refractivity contribution in [2.24, 2.45) is 0 Å².